The van der Waals surface area contributed by atoms with Crippen LogP contribution in [0.2, 0.25) is 0 Å². The Bertz CT molecular complexity index is 1050. The first-order valence-corrected chi connectivity index (χ1v) is 11.0. The fourth-order valence-corrected chi connectivity index (χ4v) is 5.66. The minimum Gasteiger partial charge on any atom is -0.378 e. The van der Waals surface area contributed by atoms with E-state index in [4.69, 9.17) is 14.7 Å². The average molecular weight is 412 g/mol. The number of hydrogen-bond donors (Lipinski definition) is 1. The summed E-state index contributed by atoms with van der Waals surface area (Å²) in [5, 5.41) is 2.18. The lowest BCUT2D eigenvalue weighted by Gasteiger charge is -2.31. The lowest BCUT2D eigenvalue weighted by molar-refractivity contribution is 0.0693. The number of halogens is 1. The maximum atomic E-state index is 13.8. The minimum atomic E-state index is -0.190. The Labute approximate surface area is 172 Å². The number of H-pyrrole nitrogens is 1. The van der Waals surface area contributed by atoms with Crippen molar-refractivity contribution in [2.24, 2.45) is 9.98 Å². The third-order valence-electron chi connectivity index (χ3n) is 6.02. The number of hydrogen-bond acceptors (Lipinski definition) is 6. The van der Waals surface area contributed by atoms with Gasteiger partial charge in [0.05, 0.1) is 13.2 Å². The smallest absolute Gasteiger partial charge is 0.162 e. The molecule has 2 unspecified atom stereocenters. The monoisotopic (exact) mass is 411 g/mol. The average Bonchev–Trinajstić information content (AvgIpc) is 3.34. The molecule has 150 valence electrons. The van der Waals surface area contributed by atoms with Crippen LogP contribution >= 0.6 is 11.8 Å². The zero-order valence-corrected chi connectivity index (χ0v) is 16.8. The van der Waals surface area contributed by atoms with Crippen molar-refractivity contribution < 1.29 is 9.13 Å². The number of aromatic nitrogens is 1. The lowest BCUT2D eigenvalue weighted by atomic mass is 10.0. The van der Waals surface area contributed by atoms with Gasteiger partial charge in [0.15, 0.2) is 5.17 Å². The number of aromatic amines is 1. The second-order valence-electron chi connectivity index (χ2n) is 7.80. The third-order valence-corrected chi connectivity index (χ3v) is 7.22. The number of benzene rings is 1. The van der Waals surface area contributed by atoms with Crippen molar-refractivity contribution in [3.05, 3.63) is 47.4 Å². The fourth-order valence-electron chi connectivity index (χ4n) is 4.48. The summed E-state index contributed by atoms with van der Waals surface area (Å²) in [5.74, 6) is 0.817. The summed E-state index contributed by atoms with van der Waals surface area (Å²) >= 11 is 1.76. The summed E-state index contributed by atoms with van der Waals surface area (Å²) in [6, 6.07) is 5.09. The Morgan fingerprint density at radius 3 is 2.93 bits per heavy atom. The molecule has 0 radical (unpaired) electrons. The van der Waals surface area contributed by atoms with Gasteiger partial charge in [0, 0.05) is 54.8 Å². The molecule has 6 nitrogen and oxygen atoms in total. The number of aliphatic imine (C=N–C) groups is 2. The van der Waals surface area contributed by atoms with E-state index < -0.39 is 0 Å². The van der Waals surface area contributed by atoms with Gasteiger partial charge < -0.3 is 19.5 Å². The van der Waals surface area contributed by atoms with Crippen LogP contribution in [0, 0.1) is 5.82 Å². The number of nitrogens with zero attached hydrogens (tertiary/aromatic N) is 4. The van der Waals surface area contributed by atoms with E-state index in [-0.39, 0.29) is 17.2 Å². The van der Waals surface area contributed by atoms with Gasteiger partial charge in [0.25, 0.3) is 0 Å². The Balaban J connectivity index is 1.22. The maximum absolute atomic E-state index is 13.8. The van der Waals surface area contributed by atoms with Crippen LogP contribution in [0.15, 0.2) is 40.3 Å². The van der Waals surface area contributed by atoms with Crippen LogP contribution in [0.3, 0.4) is 0 Å². The topological polar surface area (TPSA) is 56.2 Å². The molecule has 6 rings (SSSR count). The third kappa shape index (κ3) is 3.05. The van der Waals surface area contributed by atoms with E-state index in [1.165, 1.54) is 17.3 Å². The van der Waals surface area contributed by atoms with Crippen molar-refractivity contribution in [1.82, 2.24) is 14.8 Å². The Morgan fingerprint density at radius 1 is 1.14 bits per heavy atom. The quantitative estimate of drug-likeness (QED) is 0.724. The molecule has 29 heavy (non-hydrogen) atoms. The van der Waals surface area contributed by atoms with Gasteiger partial charge in [-0.2, -0.15) is 0 Å². The number of dihydropyridines is 1. The molecule has 0 aliphatic carbocycles. The first kappa shape index (κ1) is 17.5. The normalized spacial score (nSPS) is 26.4. The van der Waals surface area contributed by atoms with Gasteiger partial charge in [-0.15, -0.1) is 0 Å². The highest BCUT2D eigenvalue weighted by Crippen LogP contribution is 2.34. The molecule has 0 bridgehead atoms. The minimum absolute atomic E-state index is 0.106. The molecule has 4 aliphatic heterocycles. The maximum Gasteiger partial charge on any atom is 0.162 e. The van der Waals surface area contributed by atoms with Crippen molar-refractivity contribution in [1.29, 1.82) is 0 Å². The molecule has 2 atom stereocenters. The molecular formula is C21H22FN5OS. The predicted octanol–water partition coefficient (Wildman–Crippen LogP) is 2.76. The molecule has 1 aromatic carbocycles. The van der Waals surface area contributed by atoms with E-state index in [1.54, 1.807) is 17.8 Å². The molecule has 8 heteroatoms. The van der Waals surface area contributed by atoms with Crippen LogP contribution in [-0.2, 0) is 17.7 Å². The molecule has 1 N–H and O–H groups in total. The summed E-state index contributed by atoms with van der Waals surface area (Å²) < 4.78 is 19.2. The second kappa shape index (κ2) is 6.88. The summed E-state index contributed by atoms with van der Waals surface area (Å²) in [4.78, 5) is 18.0. The number of amidine groups is 2. The van der Waals surface area contributed by atoms with Crippen LogP contribution in [0.1, 0.15) is 11.3 Å². The van der Waals surface area contributed by atoms with Crippen molar-refractivity contribution in [3.8, 4) is 0 Å². The van der Waals surface area contributed by atoms with E-state index >= 15 is 0 Å². The molecule has 1 saturated heterocycles. The van der Waals surface area contributed by atoms with Crippen LogP contribution in [0.25, 0.3) is 10.9 Å². The van der Waals surface area contributed by atoms with Crippen molar-refractivity contribution >= 4 is 33.7 Å². The van der Waals surface area contributed by atoms with Crippen LogP contribution in [-0.4, -0.2) is 70.1 Å². The van der Waals surface area contributed by atoms with Crippen LogP contribution in [0.4, 0.5) is 4.39 Å². The first-order chi connectivity index (χ1) is 14.2. The Kier molecular flexibility index (Phi) is 4.16. The molecule has 1 aromatic heterocycles. The van der Waals surface area contributed by atoms with E-state index in [2.05, 4.69) is 26.9 Å². The first-order valence-electron chi connectivity index (χ1n) is 10.1. The van der Waals surface area contributed by atoms with Crippen molar-refractivity contribution in [2.45, 2.75) is 24.4 Å². The van der Waals surface area contributed by atoms with Gasteiger partial charge in [-0.25, -0.2) is 4.39 Å². The zero-order valence-electron chi connectivity index (χ0n) is 16.0. The summed E-state index contributed by atoms with van der Waals surface area (Å²) in [7, 11) is 0. The number of morpholine rings is 1. The van der Waals surface area contributed by atoms with Gasteiger partial charge in [-0.3, -0.25) is 9.98 Å². The van der Waals surface area contributed by atoms with Crippen molar-refractivity contribution in [3.63, 3.8) is 0 Å². The number of nitrogens with one attached hydrogen (secondary N) is 1. The van der Waals surface area contributed by atoms with Crippen LogP contribution in [0.5, 0.6) is 0 Å². The Hall–Kier alpha value is -2.32. The van der Waals surface area contributed by atoms with Gasteiger partial charge in [-0.1, -0.05) is 17.8 Å². The van der Waals surface area contributed by atoms with E-state index in [9.17, 15) is 4.39 Å². The number of rotatable bonds is 0. The molecule has 4 aliphatic rings. The van der Waals surface area contributed by atoms with Crippen LogP contribution < -0.4 is 0 Å². The standard InChI is InChI=1S/C21H22FN5OS/c22-13-1-2-16-14(11-13)15-12-27(6-5-17(15)23-16)19-4-3-18-20(25-19)29-21(24-18)26-7-9-28-10-8-26/h1-4,11,18,20,23H,5-10,12H2. The Morgan fingerprint density at radius 2 is 2.03 bits per heavy atom. The largest absolute Gasteiger partial charge is 0.378 e. The molecule has 0 saturated carbocycles. The lowest BCUT2D eigenvalue weighted by Crippen LogP contribution is -2.39. The van der Waals surface area contributed by atoms with Gasteiger partial charge in [0.2, 0.25) is 0 Å². The molecule has 5 heterocycles. The predicted molar refractivity (Wildman–Crippen MR) is 114 cm³/mol. The van der Waals surface area contributed by atoms with E-state index in [0.29, 0.717) is 0 Å². The molecule has 0 spiro atoms. The summed E-state index contributed by atoms with van der Waals surface area (Å²) in [6.07, 6.45) is 5.20. The summed E-state index contributed by atoms with van der Waals surface area (Å²) in [5.41, 5.74) is 3.41. The van der Waals surface area contributed by atoms with Crippen molar-refractivity contribution in [2.75, 3.05) is 32.8 Å². The molecule has 1 fully saturated rings. The number of thioether (sulfide) groups is 1. The van der Waals surface area contributed by atoms with E-state index in [1.807, 2.05) is 6.07 Å². The number of ether oxygens (including phenoxy) is 1. The highest BCUT2D eigenvalue weighted by Gasteiger charge is 2.35. The SMILES string of the molecule is Fc1ccc2[nH]c3c(c2c1)CN(C1=NC2SC(N4CCOCC4)=NC2C=C1)CC3. The van der Waals surface area contributed by atoms with Gasteiger partial charge in [-0.05, 0) is 24.3 Å². The van der Waals surface area contributed by atoms with E-state index in [0.717, 1.165) is 67.7 Å². The number of fused-ring (bicyclic) bond motifs is 4. The molecule has 2 aromatic rings. The molecular weight excluding hydrogens is 389 g/mol. The zero-order chi connectivity index (χ0) is 19.4. The fraction of sp³-hybridized carbons (Fsp3) is 0.429. The second-order valence-corrected chi connectivity index (χ2v) is 8.88. The van der Waals surface area contributed by atoms with Gasteiger partial charge >= 0.3 is 0 Å². The highest BCUT2D eigenvalue weighted by atomic mass is 32.2. The summed E-state index contributed by atoms with van der Waals surface area (Å²) in [6.45, 7) is 4.99. The molecule has 0 amide bonds. The van der Waals surface area contributed by atoms with Gasteiger partial charge in [0.1, 0.15) is 23.1 Å². The highest BCUT2D eigenvalue weighted by molar-refractivity contribution is 8.14.